The van der Waals surface area contributed by atoms with Gasteiger partial charge in [0.1, 0.15) is 5.75 Å². The van der Waals surface area contributed by atoms with Gasteiger partial charge in [-0.3, -0.25) is 0 Å². The van der Waals surface area contributed by atoms with Crippen LogP contribution in [0, 0.1) is 6.92 Å². The zero-order valence-electron chi connectivity index (χ0n) is 9.68. The van der Waals surface area contributed by atoms with Crippen molar-refractivity contribution in [2.45, 2.75) is 17.6 Å². The fourth-order valence-corrected chi connectivity index (χ4v) is 2.60. The van der Waals surface area contributed by atoms with Gasteiger partial charge in [0.05, 0.1) is 0 Å². The molecule has 0 atom stereocenters. The monoisotopic (exact) mass is 245 g/mol. The van der Waals surface area contributed by atoms with Gasteiger partial charge in [0, 0.05) is 16.3 Å². The molecule has 0 unspecified atom stereocenters. The van der Waals surface area contributed by atoms with Crippen LogP contribution in [0.3, 0.4) is 0 Å². The van der Waals surface area contributed by atoms with E-state index >= 15 is 0 Å². The highest BCUT2D eigenvalue weighted by molar-refractivity contribution is 7.98. The van der Waals surface area contributed by atoms with Gasteiger partial charge in [-0.1, -0.05) is 18.2 Å². The maximum Gasteiger partial charge on any atom is 0.115 e. The molecule has 2 aromatic rings. The van der Waals surface area contributed by atoms with Crippen LogP contribution in [0.15, 0.2) is 47.4 Å². The maximum absolute atomic E-state index is 9.38. The summed E-state index contributed by atoms with van der Waals surface area (Å²) in [6, 6.07) is 13.3. The highest BCUT2D eigenvalue weighted by Gasteiger charge is 2.01. The van der Waals surface area contributed by atoms with Crippen molar-refractivity contribution in [1.82, 2.24) is 0 Å². The number of phenols is 1. The number of nitrogens with two attached hydrogens (primary N) is 1. The lowest BCUT2D eigenvalue weighted by Gasteiger charge is -2.07. The molecule has 2 rings (SSSR count). The molecule has 0 spiro atoms. The SMILES string of the molecule is Cc1ccc(N)cc1SCc1cccc(O)c1. The Morgan fingerprint density at radius 2 is 2.00 bits per heavy atom. The number of nitrogen functional groups attached to an aromatic ring is 1. The summed E-state index contributed by atoms with van der Waals surface area (Å²) >= 11 is 1.73. The standard InChI is InChI=1S/C14H15NOS/c1-10-5-6-12(15)8-14(10)17-9-11-3-2-4-13(16)7-11/h2-8,16H,9,15H2,1H3. The van der Waals surface area contributed by atoms with Crippen molar-refractivity contribution < 1.29 is 5.11 Å². The van der Waals surface area contributed by atoms with Gasteiger partial charge in [-0.25, -0.2) is 0 Å². The van der Waals surface area contributed by atoms with E-state index in [2.05, 4.69) is 6.92 Å². The molecule has 0 aromatic heterocycles. The molecule has 2 nitrogen and oxygen atoms in total. The van der Waals surface area contributed by atoms with Crippen molar-refractivity contribution >= 4 is 17.4 Å². The number of hydrogen-bond donors (Lipinski definition) is 2. The number of rotatable bonds is 3. The number of hydrogen-bond acceptors (Lipinski definition) is 3. The topological polar surface area (TPSA) is 46.2 Å². The summed E-state index contributed by atoms with van der Waals surface area (Å²) in [5.74, 6) is 1.14. The molecule has 3 heteroatoms. The lowest BCUT2D eigenvalue weighted by Crippen LogP contribution is -1.88. The summed E-state index contributed by atoms with van der Waals surface area (Å²) in [5.41, 5.74) is 8.89. The molecule has 0 bridgehead atoms. The zero-order chi connectivity index (χ0) is 12.3. The van der Waals surface area contributed by atoms with Crippen molar-refractivity contribution in [3.8, 4) is 5.75 Å². The molecule has 0 saturated heterocycles. The van der Waals surface area contributed by atoms with Gasteiger partial charge < -0.3 is 10.8 Å². The second-order valence-electron chi connectivity index (χ2n) is 3.98. The Hall–Kier alpha value is -1.61. The van der Waals surface area contributed by atoms with Crippen molar-refractivity contribution in [3.63, 3.8) is 0 Å². The summed E-state index contributed by atoms with van der Waals surface area (Å²) in [7, 11) is 0. The van der Waals surface area contributed by atoms with E-state index in [4.69, 9.17) is 5.73 Å². The molecule has 0 heterocycles. The molecule has 0 aliphatic carbocycles. The maximum atomic E-state index is 9.38. The Bertz CT molecular complexity index is 525. The highest BCUT2D eigenvalue weighted by atomic mass is 32.2. The summed E-state index contributed by atoms with van der Waals surface area (Å²) in [5, 5.41) is 9.38. The van der Waals surface area contributed by atoms with Crippen LogP contribution in [0.4, 0.5) is 5.69 Å². The minimum atomic E-state index is 0.312. The zero-order valence-corrected chi connectivity index (χ0v) is 10.5. The number of thioether (sulfide) groups is 1. The second kappa shape index (κ2) is 5.15. The van der Waals surface area contributed by atoms with Crippen LogP contribution < -0.4 is 5.73 Å². The first kappa shape index (κ1) is 11.9. The van der Waals surface area contributed by atoms with Crippen LogP contribution in [0.1, 0.15) is 11.1 Å². The van der Waals surface area contributed by atoms with E-state index in [-0.39, 0.29) is 0 Å². The fourth-order valence-electron chi connectivity index (χ4n) is 1.58. The average molecular weight is 245 g/mol. The van der Waals surface area contributed by atoms with Crippen LogP contribution in [-0.2, 0) is 5.75 Å². The predicted molar refractivity (Wildman–Crippen MR) is 73.3 cm³/mol. The smallest absolute Gasteiger partial charge is 0.115 e. The Labute approximate surface area is 105 Å². The van der Waals surface area contributed by atoms with Crippen molar-refractivity contribution in [3.05, 3.63) is 53.6 Å². The van der Waals surface area contributed by atoms with Crippen molar-refractivity contribution in [2.24, 2.45) is 0 Å². The Kier molecular flexibility index (Phi) is 3.59. The van der Waals surface area contributed by atoms with Crippen LogP contribution in [0.25, 0.3) is 0 Å². The third kappa shape index (κ3) is 3.17. The quantitative estimate of drug-likeness (QED) is 0.642. The molecular formula is C14H15NOS. The molecule has 17 heavy (non-hydrogen) atoms. The molecule has 0 radical (unpaired) electrons. The van der Waals surface area contributed by atoms with E-state index in [1.165, 1.54) is 10.5 Å². The molecule has 0 amide bonds. The lowest BCUT2D eigenvalue weighted by atomic mass is 10.2. The third-order valence-electron chi connectivity index (χ3n) is 2.52. The van der Waals surface area contributed by atoms with Gasteiger partial charge in [-0.2, -0.15) is 0 Å². The summed E-state index contributed by atoms with van der Waals surface area (Å²) < 4.78 is 0. The van der Waals surface area contributed by atoms with E-state index in [1.54, 1.807) is 23.9 Å². The summed E-state index contributed by atoms with van der Waals surface area (Å²) in [4.78, 5) is 1.19. The van der Waals surface area contributed by atoms with Crippen LogP contribution >= 0.6 is 11.8 Å². The van der Waals surface area contributed by atoms with E-state index in [0.717, 1.165) is 17.0 Å². The Balaban J connectivity index is 2.09. The molecular weight excluding hydrogens is 230 g/mol. The first-order chi connectivity index (χ1) is 8.15. The van der Waals surface area contributed by atoms with Crippen LogP contribution in [-0.4, -0.2) is 5.11 Å². The van der Waals surface area contributed by atoms with Crippen LogP contribution in [0.5, 0.6) is 5.75 Å². The molecule has 0 saturated carbocycles. The number of anilines is 1. The van der Waals surface area contributed by atoms with Gasteiger partial charge in [0.2, 0.25) is 0 Å². The largest absolute Gasteiger partial charge is 0.508 e. The predicted octanol–water partition coefficient (Wildman–Crippen LogP) is 3.58. The van der Waals surface area contributed by atoms with Crippen LogP contribution in [0.2, 0.25) is 0 Å². The van der Waals surface area contributed by atoms with Crippen molar-refractivity contribution in [1.29, 1.82) is 0 Å². The van der Waals surface area contributed by atoms with E-state index in [1.807, 2.05) is 30.3 Å². The van der Waals surface area contributed by atoms with Crippen molar-refractivity contribution in [2.75, 3.05) is 5.73 Å². The Morgan fingerprint density at radius 3 is 2.76 bits per heavy atom. The van der Waals surface area contributed by atoms with Gasteiger partial charge >= 0.3 is 0 Å². The van der Waals surface area contributed by atoms with E-state index in [0.29, 0.717) is 5.75 Å². The normalized spacial score (nSPS) is 10.4. The van der Waals surface area contributed by atoms with E-state index < -0.39 is 0 Å². The second-order valence-corrected chi connectivity index (χ2v) is 5.00. The first-order valence-corrected chi connectivity index (χ1v) is 6.40. The lowest BCUT2D eigenvalue weighted by molar-refractivity contribution is 0.475. The molecule has 0 fully saturated rings. The molecule has 3 N–H and O–H groups in total. The fraction of sp³-hybridized carbons (Fsp3) is 0.143. The number of aryl methyl sites for hydroxylation is 1. The molecule has 2 aromatic carbocycles. The summed E-state index contributed by atoms with van der Waals surface area (Å²) in [6.45, 7) is 2.07. The highest BCUT2D eigenvalue weighted by Crippen LogP contribution is 2.28. The Morgan fingerprint density at radius 1 is 1.18 bits per heavy atom. The van der Waals surface area contributed by atoms with Gasteiger partial charge in [-0.05, 0) is 42.3 Å². The number of phenolic OH excluding ortho intramolecular Hbond substituents is 1. The molecule has 0 aliphatic heterocycles. The minimum absolute atomic E-state index is 0.312. The third-order valence-corrected chi connectivity index (χ3v) is 3.75. The van der Waals surface area contributed by atoms with Gasteiger partial charge in [-0.15, -0.1) is 11.8 Å². The summed E-state index contributed by atoms with van der Waals surface area (Å²) in [6.07, 6.45) is 0. The minimum Gasteiger partial charge on any atom is -0.508 e. The number of aromatic hydroxyl groups is 1. The number of benzene rings is 2. The van der Waals surface area contributed by atoms with Gasteiger partial charge in [0.25, 0.3) is 0 Å². The van der Waals surface area contributed by atoms with Gasteiger partial charge in [0.15, 0.2) is 0 Å². The average Bonchev–Trinajstić information content (AvgIpc) is 2.30. The van der Waals surface area contributed by atoms with E-state index in [9.17, 15) is 5.11 Å². The first-order valence-electron chi connectivity index (χ1n) is 5.42. The molecule has 88 valence electrons. The molecule has 0 aliphatic rings.